The van der Waals surface area contributed by atoms with Gasteiger partial charge in [0, 0.05) is 22.2 Å². The van der Waals surface area contributed by atoms with Gasteiger partial charge in [0.1, 0.15) is 6.07 Å². The fraction of sp³-hybridized carbons (Fsp3) is 0.200. The Labute approximate surface area is 116 Å². The molecule has 2 aromatic rings. The van der Waals surface area contributed by atoms with Gasteiger partial charge in [0.05, 0.1) is 23.3 Å². The highest BCUT2D eigenvalue weighted by molar-refractivity contribution is 7.99. The molecule has 0 bridgehead atoms. The Balaban J connectivity index is 2.32. The largest absolute Gasteiger partial charge is 0.372 e. The van der Waals surface area contributed by atoms with Crippen LogP contribution >= 0.6 is 11.8 Å². The van der Waals surface area contributed by atoms with Crippen molar-refractivity contribution in [3.05, 3.63) is 29.5 Å². The summed E-state index contributed by atoms with van der Waals surface area (Å²) in [5.41, 5.74) is 3.57. The number of aryl methyl sites for hydroxylation is 1. The number of nitriles is 1. The molecule has 0 atom stereocenters. The summed E-state index contributed by atoms with van der Waals surface area (Å²) in [4.78, 5) is 5.66. The fourth-order valence-electron chi connectivity index (χ4n) is 2.39. The quantitative estimate of drug-likeness (QED) is 0.848. The van der Waals surface area contributed by atoms with Crippen molar-refractivity contribution < 1.29 is 0 Å². The minimum absolute atomic E-state index is 0.407. The lowest BCUT2D eigenvalue weighted by atomic mass is 10.0. The Morgan fingerprint density at radius 1 is 1.47 bits per heavy atom. The van der Waals surface area contributed by atoms with Crippen LogP contribution in [-0.4, -0.2) is 17.3 Å². The van der Waals surface area contributed by atoms with Crippen molar-refractivity contribution in [2.75, 3.05) is 17.6 Å². The molecule has 1 aromatic carbocycles. The highest BCUT2D eigenvalue weighted by Gasteiger charge is 2.19. The smallest absolute Gasteiger partial charge is 0.103 e. The molecule has 0 unspecified atom stereocenters. The number of nitrogens with zero attached hydrogens (tertiary/aromatic N) is 2. The number of nitrogens with one attached hydrogen (secondary N) is 1. The van der Waals surface area contributed by atoms with Gasteiger partial charge in [0.2, 0.25) is 0 Å². The molecule has 1 aliphatic heterocycles. The molecule has 0 saturated heterocycles. The molecule has 0 fully saturated rings. The van der Waals surface area contributed by atoms with E-state index in [4.69, 9.17) is 6.42 Å². The second-order valence-electron chi connectivity index (χ2n) is 4.25. The second-order valence-corrected chi connectivity index (χ2v) is 5.39. The van der Waals surface area contributed by atoms with E-state index in [1.54, 1.807) is 6.20 Å². The van der Waals surface area contributed by atoms with Crippen LogP contribution in [-0.2, 0) is 6.42 Å². The number of thioether (sulfide) groups is 1. The monoisotopic (exact) mass is 265 g/mol. The van der Waals surface area contributed by atoms with Gasteiger partial charge in [-0.3, -0.25) is 4.98 Å². The number of terminal acetylenes is 1. The SMILES string of the molecule is C#CCNc1c(C#N)cnc2ccc3c(c12)CCS3. The van der Waals surface area contributed by atoms with Gasteiger partial charge in [-0.15, -0.1) is 18.2 Å². The molecular weight excluding hydrogens is 254 g/mol. The van der Waals surface area contributed by atoms with E-state index < -0.39 is 0 Å². The number of hydrogen-bond donors (Lipinski definition) is 1. The highest BCUT2D eigenvalue weighted by atomic mass is 32.2. The number of aromatic nitrogens is 1. The number of anilines is 1. The summed E-state index contributed by atoms with van der Waals surface area (Å²) in [6.45, 7) is 0.407. The van der Waals surface area contributed by atoms with Crippen molar-refractivity contribution in [1.29, 1.82) is 5.26 Å². The molecule has 4 heteroatoms. The summed E-state index contributed by atoms with van der Waals surface area (Å²) in [6, 6.07) is 6.31. The molecule has 0 saturated carbocycles. The lowest BCUT2D eigenvalue weighted by molar-refractivity contribution is 1.16. The van der Waals surface area contributed by atoms with E-state index in [0.29, 0.717) is 12.1 Å². The molecule has 0 spiro atoms. The third-order valence-electron chi connectivity index (χ3n) is 3.20. The van der Waals surface area contributed by atoms with E-state index >= 15 is 0 Å². The Hall–Kier alpha value is -2.17. The average Bonchev–Trinajstić information content (AvgIpc) is 2.92. The standard InChI is InChI=1S/C15H11N3S/c1-2-6-17-15-10(8-16)9-18-12-3-4-13-11(14(12)15)5-7-19-13/h1,3-4,9H,5-7H2,(H,17,18). The van der Waals surface area contributed by atoms with Gasteiger partial charge in [-0.1, -0.05) is 5.92 Å². The molecule has 2 heterocycles. The Morgan fingerprint density at radius 3 is 3.16 bits per heavy atom. The highest BCUT2D eigenvalue weighted by Crippen LogP contribution is 2.39. The van der Waals surface area contributed by atoms with Gasteiger partial charge in [-0.2, -0.15) is 5.26 Å². The molecule has 3 rings (SSSR count). The number of pyridine rings is 1. The van der Waals surface area contributed by atoms with Crippen molar-refractivity contribution in [2.24, 2.45) is 0 Å². The molecule has 1 aromatic heterocycles. The molecule has 19 heavy (non-hydrogen) atoms. The van der Waals surface area contributed by atoms with Crippen LogP contribution in [0.4, 0.5) is 5.69 Å². The fourth-order valence-corrected chi connectivity index (χ4v) is 3.46. The zero-order chi connectivity index (χ0) is 13.2. The molecule has 0 radical (unpaired) electrons. The minimum Gasteiger partial charge on any atom is -0.372 e. The molecule has 0 aliphatic carbocycles. The van der Waals surface area contributed by atoms with Crippen LogP contribution in [0.2, 0.25) is 0 Å². The predicted octanol–water partition coefficient (Wildman–Crippen LogP) is 2.80. The number of rotatable bonds is 2. The van der Waals surface area contributed by atoms with Crippen molar-refractivity contribution in [3.8, 4) is 18.4 Å². The van der Waals surface area contributed by atoms with E-state index in [2.05, 4.69) is 28.4 Å². The lowest BCUT2D eigenvalue weighted by Gasteiger charge is -2.12. The predicted molar refractivity (Wildman–Crippen MR) is 78.2 cm³/mol. The molecule has 0 amide bonds. The van der Waals surface area contributed by atoms with E-state index in [0.717, 1.165) is 28.8 Å². The first kappa shape index (κ1) is 11.9. The van der Waals surface area contributed by atoms with Crippen LogP contribution in [0.1, 0.15) is 11.1 Å². The van der Waals surface area contributed by atoms with E-state index in [-0.39, 0.29) is 0 Å². The normalized spacial score (nSPS) is 12.7. The van der Waals surface area contributed by atoms with Gasteiger partial charge < -0.3 is 5.32 Å². The van der Waals surface area contributed by atoms with Crippen LogP contribution < -0.4 is 5.32 Å². The first-order chi connectivity index (χ1) is 9.35. The van der Waals surface area contributed by atoms with Crippen molar-refractivity contribution in [3.63, 3.8) is 0 Å². The van der Waals surface area contributed by atoms with Crippen LogP contribution in [0.3, 0.4) is 0 Å². The average molecular weight is 265 g/mol. The van der Waals surface area contributed by atoms with Gasteiger partial charge in [-0.05, 0) is 24.1 Å². The molecule has 1 aliphatic rings. The third-order valence-corrected chi connectivity index (χ3v) is 4.30. The summed E-state index contributed by atoms with van der Waals surface area (Å²) in [5, 5.41) is 13.5. The molecule has 3 nitrogen and oxygen atoms in total. The summed E-state index contributed by atoms with van der Waals surface area (Å²) in [5.74, 6) is 3.64. The van der Waals surface area contributed by atoms with Crippen LogP contribution in [0.5, 0.6) is 0 Å². The zero-order valence-electron chi connectivity index (χ0n) is 10.2. The zero-order valence-corrected chi connectivity index (χ0v) is 11.0. The van der Waals surface area contributed by atoms with Crippen molar-refractivity contribution in [2.45, 2.75) is 11.3 Å². The summed E-state index contributed by atoms with van der Waals surface area (Å²) in [6.07, 6.45) is 7.93. The second kappa shape index (κ2) is 4.84. The van der Waals surface area contributed by atoms with Gasteiger partial charge in [0.15, 0.2) is 0 Å². The summed E-state index contributed by atoms with van der Waals surface area (Å²) in [7, 11) is 0. The first-order valence-corrected chi connectivity index (χ1v) is 6.98. The van der Waals surface area contributed by atoms with E-state index in [1.165, 1.54) is 10.5 Å². The molecular formula is C15H11N3S. The van der Waals surface area contributed by atoms with Crippen molar-refractivity contribution in [1.82, 2.24) is 4.98 Å². The van der Waals surface area contributed by atoms with Crippen LogP contribution in [0, 0.1) is 23.7 Å². The van der Waals surface area contributed by atoms with Gasteiger partial charge >= 0.3 is 0 Å². The summed E-state index contributed by atoms with van der Waals surface area (Å²) < 4.78 is 0. The van der Waals surface area contributed by atoms with Crippen LogP contribution in [0.15, 0.2) is 23.2 Å². The number of benzene rings is 1. The first-order valence-electron chi connectivity index (χ1n) is 6.00. The maximum Gasteiger partial charge on any atom is 0.103 e. The number of fused-ring (bicyclic) bond motifs is 3. The minimum atomic E-state index is 0.407. The van der Waals surface area contributed by atoms with Crippen molar-refractivity contribution >= 4 is 28.4 Å². The van der Waals surface area contributed by atoms with Crippen LogP contribution in [0.25, 0.3) is 10.9 Å². The lowest BCUT2D eigenvalue weighted by Crippen LogP contribution is -2.04. The number of hydrogen-bond acceptors (Lipinski definition) is 4. The molecule has 1 N–H and O–H groups in total. The van der Waals surface area contributed by atoms with E-state index in [1.807, 2.05) is 17.8 Å². The Bertz CT molecular complexity index is 738. The Kier molecular flexibility index (Phi) is 3.03. The van der Waals surface area contributed by atoms with Gasteiger partial charge in [-0.25, -0.2) is 0 Å². The topological polar surface area (TPSA) is 48.7 Å². The van der Waals surface area contributed by atoms with Gasteiger partial charge in [0.25, 0.3) is 0 Å². The Morgan fingerprint density at radius 2 is 2.37 bits per heavy atom. The third kappa shape index (κ3) is 1.91. The summed E-state index contributed by atoms with van der Waals surface area (Å²) >= 11 is 1.85. The maximum absolute atomic E-state index is 9.24. The van der Waals surface area contributed by atoms with E-state index in [9.17, 15) is 5.26 Å². The molecule has 92 valence electrons. The maximum atomic E-state index is 9.24.